The molecule has 1 aliphatic carbocycles. The van der Waals surface area contributed by atoms with E-state index in [4.69, 9.17) is 15.0 Å². The lowest BCUT2D eigenvalue weighted by Crippen LogP contribution is -2.17. The van der Waals surface area contributed by atoms with Crippen molar-refractivity contribution in [2.75, 3.05) is 7.11 Å². The van der Waals surface area contributed by atoms with E-state index in [1.165, 1.54) is 11.1 Å². The van der Waals surface area contributed by atoms with Gasteiger partial charge in [0.2, 0.25) is 0 Å². The topological polar surface area (TPSA) is 74.2 Å². The third-order valence-electron chi connectivity index (χ3n) is 5.75. The van der Waals surface area contributed by atoms with E-state index in [1.807, 2.05) is 6.07 Å². The predicted octanol–water partition coefficient (Wildman–Crippen LogP) is 4.83. The number of ether oxygens (including phenoxy) is 1. The van der Waals surface area contributed by atoms with Crippen molar-refractivity contribution >= 4 is 10.8 Å². The van der Waals surface area contributed by atoms with Crippen LogP contribution in [0.4, 0.5) is 0 Å². The molecule has 0 fully saturated rings. The maximum atomic E-state index is 6.30. The van der Waals surface area contributed by atoms with Crippen molar-refractivity contribution < 1.29 is 9.26 Å². The van der Waals surface area contributed by atoms with E-state index in [2.05, 4.69) is 58.7 Å². The van der Waals surface area contributed by atoms with Gasteiger partial charge in [0, 0.05) is 18.0 Å². The van der Waals surface area contributed by atoms with Crippen LogP contribution in [-0.4, -0.2) is 17.3 Å². The molecule has 146 valence electrons. The molecule has 0 saturated carbocycles. The molecule has 1 atom stereocenters. The van der Waals surface area contributed by atoms with Gasteiger partial charge < -0.3 is 15.0 Å². The Morgan fingerprint density at radius 2 is 2.07 bits per heavy atom. The third kappa shape index (κ3) is 3.38. The minimum Gasteiger partial charge on any atom is -0.497 e. The van der Waals surface area contributed by atoms with Gasteiger partial charge in [0.25, 0.3) is 5.89 Å². The number of nitrogens with two attached hydrogens (primary N) is 1. The summed E-state index contributed by atoms with van der Waals surface area (Å²) in [6.07, 6.45) is 3.85. The maximum absolute atomic E-state index is 6.30. The van der Waals surface area contributed by atoms with Gasteiger partial charge in [-0.25, -0.2) is 0 Å². The first-order valence-electron chi connectivity index (χ1n) is 9.98. The first kappa shape index (κ1) is 17.9. The van der Waals surface area contributed by atoms with Crippen LogP contribution < -0.4 is 10.5 Å². The summed E-state index contributed by atoms with van der Waals surface area (Å²) < 4.78 is 11.0. The molecular formula is C24H23N3O2. The minimum absolute atomic E-state index is 0.0896. The normalized spacial score (nSPS) is 16.0. The van der Waals surface area contributed by atoms with Crippen LogP contribution in [0.3, 0.4) is 0 Å². The molecule has 0 amide bonds. The van der Waals surface area contributed by atoms with E-state index < -0.39 is 0 Å². The summed E-state index contributed by atoms with van der Waals surface area (Å²) in [6, 6.07) is 18.7. The van der Waals surface area contributed by atoms with Gasteiger partial charge in [-0.3, -0.25) is 0 Å². The molecule has 0 spiro atoms. The Kier molecular flexibility index (Phi) is 4.52. The Bertz CT molecular complexity index is 1180. The monoisotopic (exact) mass is 385 g/mol. The highest BCUT2D eigenvalue weighted by Gasteiger charge is 2.19. The van der Waals surface area contributed by atoms with Crippen LogP contribution in [0.5, 0.6) is 5.75 Å². The molecular weight excluding hydrogens is 362 g/mol. The van der Waals surface area contributed by atoms with Gasteiger partial charge in [-0.05, 0) is 71.0 Å². The second kappa shape index (κ2) is 7.33. The number of hydrogen-bond acceptors (Lipinski definition) is 5. The van der Waals surface area contributed by atoms with Crippen LogP contribution in [-0.2, 0) is 12.8 Å². The van der Waals surface area contributed by atoms with Crippen molar-refractivity contribution in [2.45, 2.75) is 31.7 Å². The Labute approximate surface area is 169 Å². The van der Waals surface area contributed by atoms with E-state index in [0.29, 0.717) is 18.1 Å². The lowest BCUT2D eigenvalue weighted by Gasteiger charge is -2.22. The number of hydrogen-bond donors (Lipinski definition) is 1. The first-order chi connectivity index (χ1) is 14.2. The van der Waals surface area contributed by atoms with Crippen molar-refractivity contribution in [3.05, 3.63) is 77.1 Å². The number of nitrogens with zero attached hydrogens (tertiary/aromatic N) is 2. The Balaban J connectivity index is 1.46. The van der Waals surface area contributed by atoms with Gasteiger partial charge in [0.15, 0.2) is 5.82 Å². The fourth-order valence-corrected chi connectivity index (χ4v) is 4.18. The first-order valence-corrected chi connectivity index (χ1v) is 9.98. The Hall–Kier alpha value is -3.18. The van der Waals surface area contributed by atoms with Crippen LogP contribution in [0, 0.1) is 0 Å². The van der Waals surface area contributed by atoms with Gasteiger partial charge in [-0.2, -0.15) is 4.98 Å². The summed E-state index contributed by atoms with van der Waals surface area (Å²) >= 11 is 0. The molecule has 0 saturated heterocycles. The third-order valence-corrected chi connectivity index (χ3v) is 5.75. The van der Waals surface area contributed by atoms with Crippen molar-refractivity contribution in [1.82, 2.24) is 10.1 Å². The molecule has 1 aromatic heterocycles. The number of aromatic nitrogens is 2. The molecule has 5 heteroatoms. The van der Waals surface area contributed by atoms with E-state index in [-0.39, 0.29) is 6.04 Å². The highest BCUT2D eigenvalue weighted by Crippen LogP contribution is 2.32. The summed E-state index contributed by atoms with van der Waals surface area (Å²) in [7, 11) is 1.68. The van der Waals surface area contributed by atoms with Gasteiger partial charge in [-0.1, -0.05) is 35.5 Å². The highest BCUT2D eigenvalue weighted by atomic mass is 16.5. The summed E-state index contributed by atoms with van der Waals surface area (Å²) in [5, 5.41) is 6.52. The molecule has 1 unspecified atom stereocenters. The summed E-state index contributed by atoms with van der Waals surface area (Å²) in [5.74, 6) is 2.04. The number of aryl methyl sites for hydroxylation is 1. The summed E-state index contributed by atoms with van der Waals surface area (Å²) in [5.41, 5.74) is 10.9. The van der Waals surface area contributed by atoms with Gasteiger partial charge >= 0.3 is 0 Å². The smallest absolute Gasteiger partial charge is 0.257 e. The van der Waals surface area contributed by atoms with E-state index in [9.17, 15) is 0 Å². The molecule has 0 aliphatic heterocycles. The zero-order valence-electron chi connectivity index (χ0n) is 16.4. The van der Waals surface area contributed by atoms with Gasteiger partial charge in [0.1, 0.15) is 5.75 Å². The van der Waals surface area contributed by atoms with Crippen molar-refractivity contribution in [3.8, 4) is 17.2 Å². The maximum Gasteiger partial charge on any atom is 0.257 e. The summed E-state index contributed by atoms with van der Waals surface area (Å²) in [6.45, 7) is 0. The molecule has 1 heterocycles. The number of fused-ring (bicyclic) bond motifs is 2. The van der Waals surface area contributed by atoms with Crippen LogP contribution in [0.25, 0.3) is 22.2 Å². The molecule has 3 aromatic carbocycles. The van der Waals surface area contributed by atoms with Crippen LogP contribution >= 0.6 is 0 Å². The second-order valence-electron chi connectivity index (χ2n) is 7.61. The zero-order valence-corrected chi connectivity index (χ0v) is 16.4. The molecule has 0 bridgehead atoms. The molecule has 1 aliphatic rings. The largest absolute Gasteiger partial charge is 0.497 e. The minimum atomic E-state index is 0.0896. The van der Waals surface area contributed by atoms with E-state index in [1.54, 1.807) is 7.11 Å². The molecule has 2 N–H and O–H groups in total. The van der Waals surface area contributed by atoms with E-state index >= 15 is 0 Å². The molecule has 0 radical (unpaired) electrons. The zero-order chi connectivity index (χ0) is 19.8. The fraction of sp³-hybridized carbons (Fsp3) is 0.250. The van der Waals surface area contributed by atoms with Crippen LogP contribution in [0.2, 0.25) is 0 Å². The average Bonchev–Trinajstić information content (AvgIpc) is 3.22. The Morgan fingerprint density at radius 1 is 1.14 bits per heavy atom. The predicted molar refractivity (Wildman–Crippen MR) is 113 cm³/mol. The number of methoxy groups -OCH3 is 1. The van der Waals surface area contributed by atoms with Crippen molar-refractivity contribution in [2.24, 2.45) is 5.73 Å². The summed E-state index contributed by atoms with van der Waals surface area (Å²) in [4.78, 5) is 4.65. The van der Waals surface area contributed by atoms with Crippen molar-refractivity contribution in [1.29, 1.82) is 0 Å². The fourth-order valence-electron chi connectivity index (χ4n) is 4.18. The highest BCUT2D eigenvalue weighted by molar-refractivity contribution is 5.87. The van der Waals surface area contributed by atoms with E-state index in [0.717, 1.165) is 46.9 Å². The lowest BCUT2D eigenvalue weighted by molar-refractivity contribution is 0.415. The van der Waals surface area contributed by atoms with Crippen molar-refractivity contribution in [3.63, 3.8) is 0 Å². The standard InChI is InChI=1S/C24H23N3O2/c1-28-19-11-10-15-4-2-6-17(20(15)14-19)13-23-26-24(29-27-23)18-9-8-16-5-3-7-22(25)21(16)12-18/h2,4,6,8-12,14,22H,3,5,7,13,25H2,1H3. The molecule has 5 rings (SSSR count). The quantitative estimate of drug-likeness (QED) is 0.545. The van der Waals surface area contributed by atoms with Crippen LogP contribution in [0.15, 0.2) is 59.1 Å². The van der Waals surface area contributed by atoms with Gasteiger partial charge in [-0.15, -0.1) is 0 Å². The molecule has 4 aromatic rings. The van der Waals surface area contributed by atoms with Crippen LogP contribution in [0.1, 0.15) is 41.4 Å². The van der Waals surface area contributed by atoms with Gasteiger partial charge in [0.05, 0.1) is 7.11 Å². The Morgan fingerprint density at radius 3 is 2.97 bits per heavy atom. The molecule has 5 nitrogen and oxygen atoms in total. The average molecular weight is 385 g/mol. The second-order valence-corrected chi connectivity index (χ2v) is 7.61. The number of benzene rings is 3. The molecule has 29 heavy (non-hydrogen) atoms. The number of rotatable bonds is 4. The SMILES string of the molecule is COc1ccc2cccc(Cc3noc(-c4ccc5c(c4)C(N)CCC5)n3)c2c1. The lowest BCUT2D eigenvalue weighted by atomic mass is 9.87.